The predicted octanol–water partition coefficient (Wildman–Crippen LogP) is 4.08. The zero-order chi connectivity index (χ0) is 27.1. The van der Waals surface area contributed by atoms with Gasteiger partial charge in [0.25, 0.3) is 5.72 Å². The number of carboxylic acid groups (broad SMARTS) is 1. The van der Waals surface area contributed by atoms with Crippen LogP contribution in [0.1, 0.15) is 67.9 Å². The maximum Gasteiger partial charge on any atom is 0.511 e. The highest BCUT2D eigenvalue weighted by Gasteiger charge is 2.45. The van der Waals surface area contributed by atoms with E-state index < -0.39 is 53.3 Å². The Morgan fingerprint density at radius 1 is 0.857 bits per heavy atom. The van der Waals surface area contributed by atoms with Crippen molar-refractivity contribution in [3.63, 3.8) is 0 Å². The van der Waals surface area contributed by atoms with Crippen LogP contribution in [0.25, 0.3) is 0 Å². The molecule has 196 valence electrons. The zero-order valence-electron chi connectivity index (χ0n) is 21.9. The molecular formula is C25H37NO9. The molecule has 35 heavy (non-hydrogen) atoms. The first-order chi connectivity index (χ1) is 16.0. The predicted molar refractivity (Wildman–Crippen MR) is 127 cm³/mol. The molecule has 1 aromatic carbocycles. The summed E-state index contributed by atoms with van der Waals surface area (Å²) in [6, 6.07) is 3.88. The Labute approximate surface area is 206 Å². The Morgan fingerprint density at radius 3 is 1.80 bits per heavy atom. The number of benzene rings is 1. The minimum atomic E-state index is -2.19. The first-order valence-electron chi connectivity index (χ1n) is 11.4. The van der Waals surface area contributed by atoms with Crippen molar-refractivity contribution in [2.24, 2.45) is 11.8 Å². The van der Waals surface area contributed by atoms with Crippen LogP contribution >= 0.6 is 0 Å². The largest absolute Gasteiger partial charge is 0.511 e. The molecule has 2 N–H and O–H groups in total. The molecule has 0 saturated heterocycles. The van der Waals surface area contributed by atoms with Gasteiger partial charge >= 0.3 is 24.1 Å². The van der Waals surface area contributed by atoms with Crippen LogP contribution in [0.5, 0.6) is 11.5 Å². The number of aliphatic carboxylic acids is 1. The standard InChI is InChI=1S/C25H37NO9/c1-14(2)20(27)32-18-11-10-17(12-19(18)33-21(28)15(3)4)13-25(22(29)30,26-16(5)6)35-23(31)34-24(7,8)9/h10-12,14-16,26H,13H2,1-9H3,(H,29,30)/t25-/m0/s1. The molecule has 0 aliphatic rings. The number of esters is 2. The van der Waals surface area contributed by atoms with Gasteiger partial charge in [-0.1, -0.05) is 33.8 Å². The van der Waals surface area contributed by atoms with Crippen LogP contribution in [0.15, 0.2) is 18.2 Å². The SMILES string of the molecule is CC(C)N[C@@](Cc1ccc(OC(=O)C(C)C)c(OC(=O)C(C)C)c1)(OC(=O)OC(C)(C)C)C(=O)O. The number of carboxylic acids is 1. The number of carbonyl (C=O) groups excluding carboxylic acids is 3. The van der Waals surface area contributed by atoms with Crippen molar-refractivity contribution in [3.05, 3.63) is 23.8 Å². The molecule has 1 aromatic rings. The van der Waals surface area contributed by atoms with Crippen molar-refractivity contribution in [1.82, 2.24) is 5.32 Å². The number of hydrogen-bond donors (Lipinski definition) is 2. The molecule has 0 aliphatic carbocycles. The summed E-state index contributed by atoms with van der Waals surface area (Å²) in [6.45, 7) is 14.9. The van der Waals surface area contributed by atoms with Crippen LogP contribution < -0.4 is 14.8 Å². The van der Waals surface area contributed by atoms with Gasteiger partial charge in [0.2, 0.25) is 0 Å². The molecule has 1 atom stereocenters. The summed E-state index contributed by atoms with van der Waals surface area (Å²) in [5.74, 6) is -3.51. The summed E-state index contributed by atoms with van der Waals surface area (Å²) in [6.07, 6.45) is -1.51. The minimum absolute atomic E-state index is 0.00672. The maximum absolute atomic E-state index is 12.4. The molecule has 10 nitrogen and oxygen atoms in total. The van der Waals surface area contributed by atoms with Gasteiger partial charge in [-0.3, -0.25) is 14.9 Å². The average Bonchev–Trinajstić information content (AvgIpc) is 2.67. The van der Waals surface area contributed by atoms with Gasteiger partial charge in [-0.15, -0.1) is 0 Å². The molecule has 0 saturated carbocycles. The van der Waals surface area contributed by atoms with E-state index in [9.17, 15) is 24.3 Å². The monoisotopic (exact) mass is 495 g/mol. The van der Waals surface area contributed by atoms with E-state index in [2.05, 4.69) is 5.32 Å². The third-order valence-electron chi connectivity index (χ3n) is 4.34. The van der Waals surface area contributed by atoms with Crippen LogP contribution in [0.2, 0.25) is 0 Å². The van der Waals surface area contributed by atoms with E-state index >= 15 is 0 Å². The molecule has 0 radical (unpaired) electrons. The van der Waals surface area contributed by atoms with Gasteiger partial charge in [-0.05, 0) is 52.3 Å². The maximum atomic E-state index is 12.4. The van der Waals surface area contributed by atoms with Crippen molar-refractivity contribution in [1.29, 1.82) is 0 Å². The number of hydrogen-bond acceptors (Lipinski definition) is 9. The smallest absolute Gasteiger partial charge is 0.477 e. The Balaban J connectivity index is 3.46. The van der Waals surface area contributed by atoms with Crippen LogP contribution in [-0.4, -0.2) is 46.5 Å². The van der Waals surface area contributed by atoms with Crippen molar-refractivity contribution in [2.75, 3.05) is 0 Å². The average molecular weight is 496 g/mol. The minimum Gasteiger partial charge on any atom is -0.477 e. The van der Waals surface area contributed by atoms with E-state index in [0.29, 0.717) is 5.56 Å². The van der Waals surface area contributed by atoms with Gasteiger partial charge in [0.05, 0.1) is 11.8 Å². The lowest BCUT2D eigenvalue weighted by Crippen LogP contribution is -2.59. The van der Waals surface area contributed by atoms with Crippen molar-refractivity contribution < 1.29 is 43.2 Å². The number of nitrogens with one attached hydrogen (secondary N) is 1. The molecule has 0 amide bonds. The third kappa shape index (κ3) is 9.56. The second kappa shape index (κ2) is 12.0. The summed E-state index contributed by atoms with van der Waals surface area (Å²) in [4.78, 5) is 49.1. The summed E-state index contributed by atoms with van der Waals surface area (Å²) in [7, 11) is 0. The van der Waals surface area contributed by atoms with E-state index in [4.69, 9.17) is 18.9 Å². The quantitative estimate of drug-likeness (QED) is 0.277. The summed E-state index contributed by atoms with van der Waals surface area (Å²) in [5, 5.41) is 12.8. The lowest BCUT2D eigenvalue weighted by Gasteiger charge is -2.33. The van der Waals surface area contributed by atoms with Crippen LogP contribution in [0, 0.1) is 11.8 Å². The van der Waals surface area contributed by atoms with Crippen molar-refractivity contribution in [3.8, 4) is 11.5 Å². The fourth-order valence-electron chi connectivity index (χ4n) is 2.74. The molecule has 0 bridgehead atoms. The molecule has 0 spiro atoms. The summed E-state index contributed by atoms with van der Waals surface area (Å²) < 4.78 is 21.2. The van der Waals surface area contributed by atoms with E-state index in [0.717, 1.165) is 0 Å². The van der Waals surface area contributed by atoms with E-state index in [1.165, 1.54) is 18.2 Å². The lowest BCUT2D eigenvalue weighted by atomic mass is 10.0. The number of carbonyl (C=O) groups is 4. The number of rotatable bonds is 10. The van der Waals surface area contributed by atoms with Crippen molar-refractivity contribution >= 4 is 24.1 Å². The number of ether oxygens (including phenoxy) is 4. The molecule has 0 aromatic heterocycles. The molecule has 10 heteroatoms. The van der Waals surface area contributed by atoms with Gasteiger partial charge in [-0.2, -0.15) is 0 Å². The van der Waals surface area contributed by atoms with Crippen LogP contribution in [0.4, 0.5) is 4.79 Å². The van der Waals surface area contributed by atoms with Gasteiger partial charge in [0.15, 0.2) is 11.5 Å². The molecule has 0 fully saturated rings. The molecular weight excluding hydrogens is 458 g/mol. The normalized spacial score (nSPS) is 13.4. The van der Waals surface area contributed by atoms with E-state index in [1.54, 1.807) is 62.3 Å². The third-order valence-corrected chi connectivity index (χ3v) is 4.34. The molecule has 1 rings (SSSR count). The van der Waals surface area contributed by atoms with Gasteiger partial charge in [0.1, 0.15) is 5.60 Å². The summed E-state index contributed by atoms with van der Waals surface area (Å²) >= 11 is 0. The Bertz CT molecular complexity index is 931. The summed E-state index contributed by atoms with van der Waals surface area (Å²) in [5.41, 5.74) is -2.76. The van der Waals surface area contributed by atoms with Gasteiger partial charge < -0.3 is 24.1 Å². The topological polar surface area (TPSA) is 137 Å². The van der Waals surface area contributed by atoms with Crippen molar-refractivity contribution in [2.45, 2.75) is 86.1 Å². The van der Waals surface area contributed by atoms with Crippen LogP contribution in [0.3, 0.4) is 0 Å². The second-order valence-electron chi connectivity index (χ2n) is 10.1. The van der Waals surface area contributed by atoms with E-state index in [-0.39, 0.29) is 17.9 Å². The Morgan fingerprint density at radius 2 is 1.37 bits per heavy atom. The Kier molecular flexibility index (Phi) is 10.3. The molecule has 0 unspecified atom stereocenters. The highest BCUT2D eigenvalue weighted by molar-refractivity contribution is 5.81. The highest BCUT2D eigenvalue weighted by atomic mass is 16.8. The van der Waals surface area contributed by atoms with E-state index in [1.807, 2.05) is 0 Å². The van der Waals surface area contributed by atoms with Gasteiger partial charge in [-0.25, -0.2) is 9.59 Å². The van der Waals surface area contributed by atoms with Gasteiger partial charge in [0, 0.05) is 12.5 Å². The first-order valence-corrected chi connectivity index (χ1v) is 11.4. The fourth-order valence-corrected chi connectivity index (χ4v) is 2.74. The molecule has 0 aliphatic heterocycles. The zero-order valence-corrected chi connectivity index (χ0v) is 21.9. The fraction of sp³-hybridized carbons (Fsp3) is 0.600. The molecule has 0 heterocycles. The van der Waals surface area contributed by atoms with Crippen LogP contribution in [-0.2, 0) is 30.3 Å². The first kappa shape index (κ1) is 29.9. The Hall–Kier alpha value is -3.14. The highest BCUT2D eigenvalue weighted by Crippen LogP contribution is 2.32. The lowest BCUT2D eigenvalue weighted by molar-refractivity contribution is -0.169. The second-order valence-corrected chi connectivity index (χ2v) is 10.1.